The molecule has 19 heavy (non-hydrogen) atoms. The Bertz CT molecular complexity index is 494. The Morgan fingerprint density at radius 2 is 2.37 bits per heavy atom. The average molecular weight is 268 g/mol. The van der Waals surface area contributed by atoms with E-state index >= 15 is 0 Å². The SMILES string of the molecule is COC(=O)C1COCCN1C(=O)c1cccnc1F. The molecule has 1 fully saturated rings. The van der Waals surface area contributed by atoms with Crippen LogP contribution in [-0.4, -0.2) is 54.7 Å². The smallest absolute Gasteiger partial charge is 0.331 e. The van der Waals surface area contributed by atoms with Crippen LogP contribution < -0.4 is 0 Å². The van der Waals surface area contributed by atoms with Crippen molar-refractivity contribution in [3.63, 3.8) is 0 Å². The normalized spacial score (nSPS) is 19.1. The second-order valence-electron chi connectivity index (χ2n) is 3.95. The van der Waals surface area contributed by atoms with E-state index in [4.69, 9.17) is 4.74 Å². The molecule has 1 aliphatic heterocycles. The number of carbonyl (C=O) groups excluding carboxylic acids is 2. The summed E-state index contributed by atoms with van der Waals surface area (Å²) in [5.74, 6) is -2.04. The van der Waals surface area contributed by atoms with E-state index < -0.39 is 23.9 Å². The summed E-state index contributed by atoms with van der Waals surface area (Å²) in [5, 5.41) is 0. The van der Waals surface area contributed by atoms with Gasteiger partial charge in [0.2, 0.25) is 5.95 Å². The van der Waals surface area contributed by atoms with Crippen LogP contribution in [0.25, 0.3) is 0 Å². The minimum Gasteiger partial charge on any atom is -0.467 e. The van der Waals surface area contributed by atoms with Crippen LogP contribution in [0.15, 0.2) is 18.3 Å². The van der Waals surface area contributed by atoms with Gasteiger partial charge in [0.1, 0.15) is 0 Å². The van der Waals surface area contributed by atoms with Gasteiger partial charge in [-0.2, -0.15) is 4.39 Å². The van der Waals surface area contributed by atoms with Crippen molar-refractivity contribution in [2.45, 2.75) is 6.04 Å². The molecule has 0 aromatic carbocycles. The second-order valence-corrected chi connectivity index (χ2v) is 3.95. The number of esters is 1. The van der Waals surface area contributed by atoms with Crippen molar-refractivity contribution in [1.29, 1.82) is 0 Å². The van der Waals surface area contributed by atoms with E-state index in [0.29, 0.717) is 6.61 Å². The van der Waals surface area contributed by atoms with Crippen LogP contribution in [0.2, 0.25) is 0 Å². The fraction of sp³-hybridized carbons (Fsp3) is 0.417. The quantitative estimate of drug-likeness (QED) is 0.567. The molecular formula is C12H13FN2O4. The highest BCUT2D eigenvalue weighted by Crippen LogP contribution is 2.15. The number of ether oxygens (including phenoxy) is 2. The van der Waals surface area contributed by atoms with Crippen LogP contribution in [0, 0.1) is 5.95 Å². The molecule has 0 aliphatic carbocycles. The van der Waals surface area contributed by atoms with Gasteiger partial charge in [-0.05, 0) is 12.1 Å². The van der Waals surface area contributed by atoms with Crippen LogP contribution in [0.4, 0.5) is 4.39 Å². The number of pyridine rings is 1. The molecule has 1 unspecified atom stereocenters. The van der Waals surface area contributed by atoms with Crippen LogP contribution in [-0.2, 0) is 14.3 Å². The van der Waals surface area contributed by atoms with Gasteiger partial charge in [0.15, 0.2) is 6.04 Å². The van der Waals surface area contributed by atoms with Crippen molar-refractivity contribution in [2.24, 2.45) is 0 Å². The first-order valence-corrected chi connectivity index (χ1v) is 5.72. The molecule has 102 valence electrons. The molecule has 0 spiro atoms. The molecule has 1 aromatic heterocycles. The summed E-state index contributed by atoms with van der Waals surface area (Å²) in [6.07, 6.45) is 1.25. The molecule has 2 heterocycles. The maximum atomic E-state index is 13.5. The van der Waals surface area contributed by atoms with Gasteiger partial charge >= 0.3 is 5.97 Å². The summed E-state index contributed by atoms with van der Waals surface area (Å²) < 4.78 is 23.3. The van der Waals surface area contributed by atoms with E-state index in [-0.39, 0.29) is 18.7 Å². The minimum absolute atomic E-state index is 0.0420. The summed E-state index contributed by atoms with van der Waals surface area (Å²) >= 11 is 0. The third-order valence-corrected chi connectivity index (χ3v) is 2.85. The van der Waals surface area contributed by atoms with E-state index in [1.807, 2.05) is 0 Å². The first kappa shape index (κ1) is 13.4. The van der Waals surface area contributed by atoms with Crippen molar-refractivity contribution < 1.29 is 23.5 Å². The first-order chi connectivity index (χ1) is 9.15. The Morgan fingerprint density at radius 3 is 3.05 bits per heavy atom. The lowest BCUT2D eigenvalue weighted by molar-refractivity contribution is -0.151. The molecule has 0 bridgehead atoms. The second kappa shape index (κ2) is 5.75. The topological polar surface area (TPSA) is 68.7 Å². The molecule has 1 atom stereocenters. The molecule has 2 rings (SSSR count). The number of aromatic nitrogens is 1. The molecule has 1 aromatic rings. The summed E-state index contributed by atoms with van der Waals surface area (Å²) in [6.45, 7) is 0.536. The molecule has 0 radical (unpaired) electrons. The Morgan fingerprint density at radius 1 is 1.58 bits per heavy atom. The molecule has 0 N–H and O–H groups in total. The number of hydrogen-bond donors (Lipinski definition) is 0. The number of halogens is 1. The van der Waals surface area contributed by atoms with Gasteiger partial charge in [0.25, 0.3) is 5.91 Å². The van der Waals surface area contributed by atoms with Crippen molar-refractivity contribution in [2.75, 3.05) is 26.9 Å². The summed E-state index contributed by atoms with van der Waals surface area (Å²) in [6, 6.07) is 1.93. The minimum atomic E-state index is -0.859. The maximum absolute atomic E-state index is 13.5. The van der Waals surface area contributed by atoms with Crippen molar-refractivity contribution in [1.82, 2.24) is 9.88 Å². The number of morpholine rings is 1. The fourth-order valence-corrected chi connectivity index (χ4v) is 1.88. The van der Waals surface area contributed by atoms with Gasteiger partial charge in [0.05, 0.1) is 25.9 Å². The number of carbonyl (C=O) groups is 2. The molecule has 6 nitrogen and oxygen atoms in total. The van der Waals surface area contributed by atoms with Crippen molar-refractivity contribution >= 4 is 11.9 Å². The Hall–Kier alpha value is -2.02. The van der Waals surface area contributed by atoms with Crippen LogP contribution >= 0.6 is 0 Å². The van der Waals surface area contributed by atoms with Gasteiger partial charge in [0, 0.05) is 12.7 Å². The highest BCUT2D eigenvalue weighted by atomic mass is 19.1. The number of rotatable bonds is 2. The van der Waals surface area contributed by atoms with E-state index in [2.05, 4.69) is 9.72 Å². The Balaban J connectivity index is 2.25. The van der Waals surface area contributed by atoms with E-state index in [1.165, 1.54) is 30.3 Å². The molecule has 7 heteroatoms. The lowest BCUT2D eigenvalue weighted by atomic mass is 10.1. The highest BCUT2D eigenvalue weighted by Gasteiger charge is 2.35. The van der Waals surface area contributed by atoms with Gasteiger partial charge < -0.3 is 14.4 Å². The van der Waals surface area contributed by atoms with Gasteiger partial charge in [-0.1, -0.05) is 0 Å². The molecule has 0 saturated carbocycles. The largest absolute Gasteiger partial charge is 0.467 e. The third kappa shape index (κ3) is 2.70. The average Bonchev–Trinajstić information content (AvgIpc) is 2.46. The summed E-state index contributed by atoms with van der Waals surface area (Å²) in [5.41, 5.74) is -0.168. The number of amides is 1. The van der Waals surface area contributed by atoms with Gasteiger partial charge in [-0.3, -0.25) is 4.79 Å². The Kier molecular flexibility index (Phi) is 4.06. The molecule has 1 saturated heterocycles. The molecule has 1 aliphatic rings. The van der Waals surface area contributed by atoms with E-state index in [1.54, 1.807) is 0 Å². The van der Waals surface area contributed by atoms with Crippen LogP contribution in [0.3, 0.4) is 0 Å². The predicted octanol–water partition coefficient (Wildman–Crippen LogP) is 0.235. The maximum Gasteiger partial charge on any atom is 0.331 e. The number of nitrogens with zero attached hydrogens (tertiary/aromatic N) is 2. The van der Waals surface area contributed by atoms with Gasteiger partial charge in [-0.25, -0.2) is 9.78 Å². The monoisotopic (exact) mass is 268 g/mol. The zero-order chi connectivity index (χ0) is 13.8. The first-order valence-electron chi connectivity index (χ1n) is 5.72. The lowest BCUT2D eigenvalue weighted by Crippen LogP contribution is -2.53. The fourth-order valence-electron chi connectivity index (χ4n) is 1.88. The summed E-state index contributed by atoms with van der Waals surface area (Å²) in [4.78, 5) is 28.5. The van der Waals surface area contributed by atoms with Crippen LogP contribution in [0.1, 0.15) is 10.4 Å². The zero-order valence-electron chi connectivity index (χ0n) is 10.3. The van der Waals surface area contributed by atoms with Crippen molar-refractivity contribution in [3.8, 4) is 0 Å². The van der Waals surface area contributed by atoms with E-state index in [9.17, 15) is 14.0 Å². The van der Waals surface area contributed by atoms with Crippen molar-refractivity contribution in [3.05, 3.63) is 29.8 Å². The predicted molar refractivity (Wildman–Crippen MR) is 61.9 cm³/mol. The molecular weight excluding hydrogens is 255 g/mol. The zero-order valence-corrected chi connectivity index (χ0v) is 10.3. The highest BCUT2D eigenvalue weighted by molar-refractivity contribution is 5.96. The van der Waals surface area contributed by atoms with Gasteiger partial charge in [-0.15, -0.1) is 0 Å². The van der Waals surface area contributed by atoms with E-state index in [0.717, 1.165) is 0 Å². The number of methoxy groups -OCH3 is 1. The third-order valence-electron chi connectivity index (χ3n) is 2.85. The lowest BCUT2D eigenvalue weighted by Gasteiger charge is -2.33. The standard InChI is InChI=1S/C12H13FN2O4/c1-18-12(17)9-7-19-6-5-15(9)11(16)8-3-2-4-14-10(8)13/h2-4,9H,5-7H2,1H3. The molecule has 1 amide bonds. The summed E-state index contributed by atoms with van der Waals surface area (Å²) in [7, 11) is 1.23. The number of hydrogen-bond acceptors (Lipinski definition) is 5. The Labute approximate surface area is 109 Å². The van der Waals surface area contributed by atoms with Crippen LogP contribution in [0.5, 0.6) is 0 Å².